The van der Waals surface area contributed by atoms with E-state index in [1.54, 1.807) is 0 Å². The van der Waals surface area contributed by atoms with E-state index in [2.05, 4.69) is 47.5 Å². The molecule has 1 heterocycles. The van der Waals surface area contributed by atoms with Crippen LogP contribution in [-0.4, -0.2) is 14.8 Å². The quantitative estimate of drug-likeness (QED) is 0.707. The summed E-state index contributed by atoms with van der Waals surface area (Å²) in [5.41, 5.74) is 1.11. The molecule has 0 saturated carbocycles. The lowest BCUT2D eigenvalue weighted by atomic mass is 10.0. The van der Waals surface area contributed by atoms with Crippen LogP contribution in [0.5, 0.6) is 0 Å². The number of fused-ring (bicyclic) bond motifs is 1. The molecule has 0 saturated heterocycles. The molecule has 0 aliphatic carbocycles. The van der Waals surface area contributed by atoms with E-state index in [0.29, 0.717) is 4.77 Å². The fraction of sp³-hybridized carbons (Fsp3) is 0.143. The number of benzene rings is 2. The molecule has 0 amide bonds. The molecule has 1 aromatic heterocycles. The first-order chi connectivity index (χ1) is 8.81. The van der Waals surface area contributed by atoms with E-state index >= 15 is 0 Å². The molecule has 0 bridgehead atoms. The van der Waals surface area contributed by atoms with E-state index in [1.165, 1.54) is 10.8 Å². The Hall–Kier alpha value is -1.94. The van der Waals surface area contributed by atoms with E-state index in [4.69, 9.17) is 12.2 Å². The second kappa shape index (κ2) is 4.38. The summed E-state index contributed by atoms with van der Waals surface area (Å²) in [6, 6.07) is 14.6. The monoisotopic (exact) mass is 255 g/mol. The minimum absolute atomic E-state index is 0.667. The van der Waals surface area contributed by atoms with Crippen molar-refractivity contribution in [1.82, 2.24) is 14.8 Å². The Bertz CT molecular complexity index is 750. The van der Waals surface area contributed by atoms with Gasteiger partial charge in [-0.05, 0) is 29.9 Å². The first kappa shape index (κ1) is 11.2. The summed E-state index contributed by atoms with van der Waals surface area (Å²) in [5, 5.41) is 9.63. The van der Waals surface area contributed by atoms with Crippen LogP contribution in [0.4, 0.5) is 0 Å². The van der Waals surface area contributed by atoms with Crippen molar-refractivity contribution in [3.63, 3.8) is 0 Å². The van der Waals surface area contributed by atoms with Gasteiger partial charge in [0.2, 0.25) is 0 Å². The number of aromatic amines is 1. The van der Waals surface area contributed by atoms with E-state index in [1.807, 2.05) is 16.7 Å². The highest BCUT2D eigenvalue weighted by molar-refractivity contribution is 7.71. The lowest BCUT2D eigenvalue weighted by Crippen LogP contribution is -1.98. The van der Waals surface area contributed by atoms with Gasteiger partial charge in [0.05, 0.1) is 0 Å². The van der Waals surface area contributed by atoms with Crippen molar-refractivity contribution in [2.75, 3.05) is 0 Å². The highest BCUT2D eigenvalue weighted by atomic mass is 32.1. The number of nitrogens with zero attached hydrogens (tertiary/aromatic N) is 2. The fourth-order valence-corrected chi connectivity index (χ4v) is 2.50. The number of rotatable bonds is 2. The van der Waals surface area contributed by atoms with E-state index in [9.17, 15) is 0 Å². The van der Waals surface area contributed by atoms with Crippen LogP contribution in [0.15, 0.2) is 42.5 Å². The van der Waals surface area contributed by atoms with Crippen LogP contribution < -0.4 is 0 Å². The number of nitrogens with one attached hydrogen (secondary N) is 1. The summed E-state index contributed by atoms with van der Waals surface area (Å²) < 4.78 is 2.68. The van der Waals surface area contributed by atoms with Crippen molar-refractivity contribution in [2.45, 2.75) is 13.5 Å². The third-order valence-corrected chi connectivity index (χ3v) is 3.42. The Morgan fingerprint density at radius 1 is 1.17 bits per heavy atom. The Kier molecular flexibility index (Phi) is 2.72. The van der Waals surface area contributed by atoms with Gasteiger partial charge in [0.25, 0.3) is 0 Å². The van der Waals surface area contributed by atoms with Crippen molar-refractivity contribution in [3.05, 3.63) is 47.2 Å². The van der Waals surface area contributed by atoms with Gasteiger partial charge in [0, 0.05) is 12.1 Å². The SMILES string of the molecule is CCn1c(-c2cccc3ccccc23)n[nH]c1=S. The van der Waals surface area contributed by atoms with E-state index in [-0.39, 0.29) is 0 Å². The van der Waals surface area contributed by atoms with Crippen molar-refractivity contribution < 1.29 is 0 Å². The maximum absolute atomic E-state index is 5.24. The molecule has 0 radical (unpaired) electrons. The minimum Gasteiger partial charge on any atom is -0.300 e. The molecule has 3 nitrogen and oxygen atoms in total. The van der Waals surface area contributed by atoms with Crippen LogP contribution in [0.3, 0.4) is 0 Å². The normalized spacial score (nSPS) is 10.9. The van der Waals surface area contributed by atoms with Gasteiger partial charge in [-0.1, -0.05) is 42.5 Å². The molecule has 4 heteroatoms. The van der Waals surface area contributed by atoms with Crippen LogP contribution in [-0.2, 0) is 6.54 Å². The van der Waals surface area contributed by atoms with Gasteiger partial charge in [0.15, 0.2) is 10.6 Å². The molecule has 0 spiro atoms. The van der Waals surface area contributed by atoms with Crippen molar-refractivity contribution in [3.8, 4) is 11.4 Å². The molecule has 0 aliphatic rings. The highest BCUT2D eigenvalue weighted by Gasteiger charge is 2.10. The maximum Gasteiger partial charge on any atom is 0.195 e. The smallest absolute Gasteiger partial charge is 0.195 e. The topological polar surface area (TPSA) is 33.6 Å². The molecule has 2 aromatic carbocycles. The lowest BCUT2D eigenvalue weighted by Gasteiger charge is -2.07. The molecule has 3 rings (SSSR count). The number of hydrogen-bond acceptors (Lipinski definition) is 2. The van der Waals surface area contributed by atoms with Gasteiger partial charge in [-0.3, -0.25) is 5.10 Å². The zero-order valence-corrected chi connectivity index (χ0v) is 10.9. The Morgan fingerprint density at radius 2 is 1.94 bits per heavy atom. The van der Waals surface area contributed by atoms with Crippen LogP contribution in [0.2, 0.25) is 0 Å². The summed E-state index contributed by atoms with van der Waals surface area (Å²) in [7, 11) is 0. The molecule has 3 aromatic rings. The Balaban J connectivity index is 2.35. The summed E-state index contributed by atoms with van der Waals surface area (Å²) >= 11 is 5.24. The first-order valence-electron chi connectivity index (χ1n) is 5.94. The molecule has 0 fully saturated rings. The summed E-state index contributed by atoms with van der Waals surface area (Å²) in [5.74, 6) is 0.902. The zero-order chi connectivity index (χ0) is 12.5. The first-order valence-corrected chi connectivity index (χ1v) is 6.35. The minimum atomic E-state index is 0.667. The number of hydrogen-bond donors (Lipinski definition) is 1. The molecule has 90 valence electrons. The van der Waals surface area contributed by atoms with Gasteiger partial charge >= 0.3 is 0 Å². The third-order valence-electron chi connectivity index (χ3n) is 3.11. The van der Waals surface area contributed by atoms with Crippen molar-refractivity contribution >= 4 is 23.0 Å². The summed E-state index contributed by atoms with van der Waals surface area (Å²) in [6.07, 6.45) is 0. The molecule has 0 unspecified atom stereocenters. The lowest BCUT2D eigenvalue weighted by molar-refractivity contribution is 0.756. The van der Waals surface area contributed by atoms with E-state index in [0.717, 1.165) is 17.9 Å². The van der Waals surface area contributed by atoms with Gasteiger partial charge < -0.3 is 4.57 Å². The Morgan fingerprint density at radius 3 is 2.78 bits per heavy atom. The van der Waals surface area contributed by atoms with Crippen LogP contribution in [0.1, 0.15) is 6.92 Å². The molecule has 18 heavy (non-hydrogen) atoms. The maximum atomic E-state index is 5.24. The van der Waals surface area contributed by atoms with E-state index < -0.39 is 0 Å². The van der Waals surface area contributed by atoms with Crippen LogP contribution in [0, 0.1) is 4.77 Å². The zero-order valence-electron chi connectivity index (χ0n) is 10.1. The van der Waals surface area contributed by atoms with Crippen molar-refractivity contribution in [1.29, 1.82) is 0 Å². The van der Waals surface area contributed by atoms with Crippen LogP contribution >= 0.6 is 12.2 Å². The van der Waals surface area contributed by atoms with Crippen molar-refractivity contribution in [2.24, 2.45) is 0 Å². The largest absolute Gasteiger partial charge is 0.300 e. The average molecular weight is 255 g/mol. The predicted molar refractivity (Wildman–Crippen MR) is 76.0 cm³/mol. The second-order valence-corrected chi connectivity index (χ2v) is 4.51. The third kappa shape index (κ3) is 1.66. The van der Waals surface area contributed by atoms with Gasteiger partial charge in [-0.2, -0.15) is 5.10 Å². The standard InChI is InChI=1S/C14H13N3S/c1-2-17-13(15-16-14(17)18)12-9-5-7-10-6-3-4-8-11(10)12/h3-9H,2H2,1H3,(H,16,18). The van der Waals surface area contributed by atoms with Crippen LogP contribution in [0.25, 0.3) is 22.2 Å². The fourth-order valence-electron chi connectivity index (χ4n) is 2.24. The number of H-pyrrole nitrogens is 1. The molecule has 0 atom stereocenters. The average Bonchev–Trinajstić information content (AvgIpc) is 2.79. The molecule has 0 aliphatic heterocycles. The highest BCUT2D eigenvalue weighted by Crippen LogP contribution is 2.27. The second-order valence-electron chi connectivity index (χ2n) is 4.12. The van der Waals surface area contributed by atoms with Gasteiger partial charge in [0.1, 0.15) is 0 Å². The molecular weight excluding hydrogens is 242 g/mol. The predicted octanol–water partition coefficient (Wildman–Crippen LogP) is 3.78. The molecular formula is C14H13N3S. The van der Waals surface area contributed by atoms with Gasteiger partial charge in [-0.15, -0.1) is 0 Å². The summed E-state index contributed by atoms with van der Waals surface area (Å²) in [4.78, 5) is 0. The number of aromatic nitrogens is 3. The summed E-state index contributed by atoms with van der Waals surface area (Å²) in [6.45, 7) is 2.88. The molecule has 1 N–H and O–H groups in total. The Labute approximate surface area is 110 Å². The van der Waals surface area contributed by atoms with Gasteiger partial charge in [-0.25, -0.2) is 0 Å².